The predicted molar refractivity (Wildman–Crippen MR) is 68.0 cm³/mol. The van der Waals surface area contributed by atoms with Gasteiger partial charge in [-0.2, -0.15) is 0 Å². The molecular weight excluding hydrogens is 266 g/mol. The van der Waals surface area contributed by atoms with Crippen LogP contribution in [0.4, 0.5) is 11.8 Å². The molecule has 0 saturated carbocycles. The Balaban J connectivity index is 2.08. The van der Waals surface area contributed by atoms with Crippen molar-refractivity contribution in [2.75, 3.05) is 0 Å². The Morgan fingerprint density at radius 2 is 1.80 bits per heavy atom. The minimum absolute atomic E-state index is 0.0174. The van der Waals surface area contributed by atoms with Gasteiger partial charge in [-0.05, 0) is 28.9 Å². The topological polar surface area (TPSA) is 109 Å². The number of phenolic OH excluding ortho intramolecular Hbond substituents is 1. The molecule has 0 bridgehead atoms. The second-order valence-electron chi connectivity index (χ2n) is 3.78. The molecule has 1 aromatic carbocycles. The highest BCUT2D eigenvalue weighted by Crippen LogP contribution is 2.21. The number of nitro groups is 1. The van der Waals surface area contributed by atoms with Crippen molar-refractivity contribution in [1.29, 1.82) is 0 Å². The molecule has 2 rings (SSSR count). The van der Waals surface area contributed by atoms with Crippen LogP contribution in [0.3, 0.4) is 0 Å². The number of aromatic hydroxyl groups is 1. The number of rotatable bonds is 4. The molecule has 0 atom stereocenters. The van der Waals surface area contributed by atoms with Crippen molar-refractivity contribution in [3.05, 3.63) is 52.1 Å². The Morgan fingerprint density at radius 3 is 2.35 bits per heavy atom. The van der Waals surface area contributed by atoms with Gasteiger partial charge in [0.2, 0.25) is 0 Å². The Labute approximate surface area is 112 Å². The highest BCUT2D eigenvalue weighted by molar-refractivity contribution is 5.93. The van der Waals surface area contributed by atoms with Crippen molar-refractivity contribution in [2.24, 2.45) is 0 Å². The third kappa shape index (κ3) is 2.80. The molecule has 1 aromatic heterocycles. The van der Waals surface area contributed by atoms with Crippen LogP contribution in [0.2, 0.25) is 0 Å². The quantitative estimate of drug-likeness (QED) is 0.381. The monoisotopic (exact) mass is 276 g/mol. The van der Waals surface area contributed by atoms with Gasteiger partial charge in [0.05, 0.1) is 12.1 Å². The van der Waals surface area contributed by atoms with Crippen molar-refractivity contribution < 1.29 is 23.9 Å². The number of furan rings is 1. The van der Waals surface area contributed by atoms with Crippen molar-refractivity contribution >= 4 is 24.4 Å². The SMILES string of the molecule is C=[N+](NC(=O)c1ccc(O)cc1)c1ccc([N+](=O)[O-])o1. The van der Waals surface area contributed by atoms with Gasteiger partial charge in [-0.25, -0.2) is 0 Å². The lowest BCUT2D eigenvalue weighted by atomic mass is 10.2. The zero-order chi connectivity index (χ0) is 14.7. The normalized spacial score (nSPS) is 10.0. The number of benzene rings is 1. The number of nitrogens with one attached hydrogen (secondary N) is 1. The van der Waals surface area contributed by atoms with Crippen LogP contribution in [0.25, 0.3) is 0 Å². The fraction of sp³-hybridized carbons (Fsp3) is 0. The molecule has 0 aliphatic rings. The van der Waals surface area contributed by atoms with Gasteiger partial charge in [-0.15, -0.1) is 5.43 Å². The maximum atomic E-state index is 11.8. The molecule has 20 heavy (non-hydrogen) atoms. The Morgan fingerprint density at radius 1 is 1.20 bits per heavy atom. The zero-order valence-corrected chi connectivity index (χ0v) is 10.1. The van der Waals surface area contributed by atoms with Gasteiger partial charge in [0.25, 0.3) is 0 Å². The van der Waals surface area contributed by atoms with Crippen LogP contribution in [-0.4, -0.2) is 27.3 Å². The molecule has 2 aromatic rings. The van der Waals surface area contributed by atoms with E-state index in [2.05, 4.69) is 12.1 Å². The summed E-state index contributed by atoms with van der Waals surface area (Å²) >= 11 is 0. The van der Waals surface area contributed by atoms with Gasteiger partial charge < -0.3 is 9.52 Å². The molecule has 1 amide bonds. The van der Waals surface area contributed by atoms with E-state index in [9.17, 15) is 14.9 Å². The molecule has 0 aliphatic heterocycles. The first-order valence-electron chi connectivity index (χ1n) is 5.42. The summed E-state index contributed by atoms with van der Waals surface area (Å²) in [5.74, 6) is -0.898. The summed E-state index contributed by atoms with van der Waals surface area (Å²) in [6.07, 6.45) is 0. The standard InChI is InChI=1S/C12H9N3O5/c1-14(10-6-7-11(20-10)15(18)19)13-12(17)8-2-4-9(16)5-3-8/h2-7H,1H2,(H-,13,16,17)/p+1. The molecule has 102 valence electrons. The van der Waals surface area contributed by atoms with E-state index in [1.807, 2.05) is 0 Å². The average molecular weight is 276 g/mol. The molecule has 0 aliphatic carbocycles. The number of amides is 1. The minimum atomic E-state index is -0.695. The summed E-state index contributed by atoms with van der Waals surface area (Å²) in [7, 11) is 0. The summed E-state index contributed by atoms with van der Waals surface area (Å²) in [5, 5.41) is 19.6. The van der Waals surface area contributed by atoms with Gasteiger partial charge in [-0.3, -0.25) is 14.9 Å². The lowest BCUT2D eigenvalue weighted by Crippen LogP contribution is -2.30. The predicted octanol–water partition coefficient (Wildman–Crippen LogP) is 1.58. The van der Waals surface area contributed by atoms with E-state index in [0.29, 0.717) is 0 Å². The third-order valence-electron chi connectivity index (χ3n) is 2.39. The number of hydrazine groups is 1. The molecule has 8 heteroatoms. The van der Waals surface area contributed by atoms with Crippen LogP contribution in [0, 0.1) is 10.1 Å². The maximum Gasteiger partial charge on any atom is 0.438 e. The summed E-state index contributed by atoms with van der Waals surface area (Å²) in [4.78, 5) is 21.6. The largest absolute Gasteiger partial charge is 0.508 e. The van der Waals surface area contributed by atoms with E-state index in [4.69, 9.17) is 9.52 Å². The second kappa shape index (κ2) is 5.22. The summed E-state index contributed by atoms with van der Waals surface area (Å²) in [6, 6.07) is 8.02. The van der Waals surface area contributed by atoms with Crippen LogP contribution in [0.5, 0.6) is 5.75 Å². The van der Waals surface area contributed by atoms with Gasteiger partial charge >= 0.3 is 17.7 Å². The van der Waals surface area contributed by atoms with Crippen molar-refractivity contribution in [1.82, 2.24) is 5.43 Å². The van der Waals surface area contributed by atoms with Gasteiger partial charge in [0.1, 0.15) is 10.7 Å². The third-order valence-corrected chi connectivity index (χ3v) is 2.39. The lowest BCUT2D eigenvalue weighted by molar-refractivity contribution is -0.498. The first-order valence-corrected chi connectivity index (χ1v) is 5.42. The zero-order valence-electron chi connectivity index (χ0n) is 10.1. The first kappa shape index (κ1) is 13.3. The summed E-state index contributed by atoms with van der Waals surface area (Å²) in [5.41, 5.74) is 2.66. The molecule has 8 nitrogen and oxygen atoms in total. The van der Waals surface area contributed by atoms with Gasteiger partial charge in [0.15, 0.2) is 6.72 Å². The number of phenols is 1. The van der Waals surface area contributed by atoms with E-state index >= 15 is 0 Å². The fourth-order valence-electron chi connectivity index (χ4n) is 1.42. The number of carbonyl (C=O) groups is 1. The molecule has 1 heterocycles. The molecule has 2 N–H and O–H groups in total. The average Bonchev–Trinajstić information content (AvgIpc) is 2.89. The minimum Gasteiger partial charge on any atom is -0.508 e. The van der Waals surface area contributed by atoms with Crippen molar-refractivity contribution in [3.63, 3.8) is 0 Å². The summed E-state index contributed by atoms with van der Waals surface area (Å²) < 4.78 is 5.85. The van der Waals surface area contributed by atoms with Crippen LogP contribution in [0.1, 0.15) is 10.4 Å². The van der Waals surface area contributed by atoms with E-state index in [0.717, 1.165) is 10.8 Å². The molecule has 0 radical (unpaired) electrons. The number of hydrogen-bond acceptors (Lipinski definition) is 5. The van der Waals surface area contributed by atoms with Crippen molar-refractivity contribution in [2.45, 2.75) is 0 Å². The highest BCUT2D eigenvalue weighted by atomic mass is 16.6. The second-order valence-corrected chi connectivity index (χ2v) is 3.78. The number of carbonyl (C=O) groups excluding carboxylic acids is 1. The highest BCUT2D eigenvalue weighted by Gasteiger charge is 2.21. The van der Waals surface area contributed by atoms with Crippen LogP contribution < -0.4 is 5.43 Å². The Hall–Kier alpha value is -3.16. The van der Waals surface area contributed by atoms with Gasteiger partial charge in [0, 0.05) is 5.56 Å². The molecule has 0 spiro atoms. The smallest absolute Gasteiger partial charge is 0.438 e. The molecule has 0 fully saturated rings. The maximum absolute atomic E-state index is 11.8. The van der Waals surface area contributed by atoms with E-state index in [-0.39, 0.29) is 17.2 Å². The van der Waals surface area contributed by atoms with Crippen LogP contribution >= 0.6 is 0 Å². The Bertz CT molecular complexity index is 675. The van der Waals surface area contributed by atoms with Crippen molar-refractivity contribution in [3.8, 4) is 5.75 Å². The molecular formula is C12H10N3O5+. The summed E-state index contributed by atoms with van der Waals surface area (Å²) in [6.45, 7) is 3.50. The lowest BCUT2D eigenvalue weighted by Gasteiger charge is -2.00. The van der Waals surface area contributed by atoms with Crippen LogP contribution in [0.15, 0.2) is 40.8 Å². The van der Waals surface area contributed by atoms with E-state index in [1.165, 1.54) is 30.3 Å². The number of hydrazone groups is 1. The number of nitrogens with zero attached hydrogens (tertiary/aromatic N) is 2. The molecule has 0 unspecified atom stereocenters. The van der Waals surface area contributed by atoms with E-state index in [1.54, 1.807) is 0 Å². The first-order chi connectivity index (χ1) is 9.47. The molecule has 0 saturated heterocycles. The number of hydrogen-bond donors (Lipinski definition) is 2. The Kier molecular flexibility index (Phi) is 3.47. The van der Waals surface area contributed by atoms with Gasteiger partial charge in [-0.1, -0.05) is 0 Å². The van der Waals surface area contributed by atoms with E-state index < -0.39 is 16.7 Å². The fourth-order valence-corrected chi connectivity index (χ4v) is 1.42. The van der Waals surface area contributed by atoms with Crippen LogP contribution in [-0.2, 0) is 0 Å².